The van der Waals surface area contributed by atoms with Gasteiger partial charge in [0.05, 0.1) is 13.2 Å². The van der Waals surface area contributed by atoms with Crippen molar-refractivity contribution in [2.45, 2.75) is 26.3 Å². The first-order chi connectivity index (χ1) is 9.72. The minimum atomic E-state index is 0.0288. The van der Waals surface area contributed by atoms with Crippen molar-refractivity contribution in [1.29, 1.82) is 0 Å². The van der Waals surface area contributed by atoms with Crippen LogP contribution in [0.5, 0.6) is 6.01 Å². The number of rotatable bonds is 7. The number of ether oxygens (including phenoxy) is 1. The van der Waals surface area contributed by atoms with Crippen LogP contribution in [0, 0.1) is 0 Å². The minimum Gasteiger partial charge on any atom is -0.467 e. The molecule has 0 aliphatic heterocycles. The van der Waals surface area contributed by atoms with E-state index in [-0.39, 0.29) is 12.1 Å². The second kappa shape index (κ2) is 6.99. The molecule has 8 heteroatoms. The van der Waals surface area contributed by atoms with E-state index in [0.717, 1.165) is 18.0 Å². The van der Waals surface area contributed by atoms with Crippen molar-refractivity contribution in [2.24, 2.45) is 0 Å². The van der Waals surface area contributed by atoms with Gasteiger partial charge in [0.2, 0.25) is 11.9 Å². The Kier molecular flexibility index (Phi) is 5.05. The summed E-state index contributed by atoms with van der Waals surface area (Å²) in [5, 5.41) is 9.24. The predicted molar refractivity (Wildman–Crippen MR) is 79.3 cm³/mol. The van der Waals surface area contributed by atoms with Gasteiger partial charge in [0, 0.05) is 18.1 Å². The third-order valence-electron chi connectivity index (χ3n) is 2.50. The number of methoxy groups -OCH3 is 1. The van der Waals surface area contributed by atoms with Crippen molar-refractivity contribution in [3.05, 3.63) is 16.6 Å². The Morgan fingerprint density at radius 1 is 1.30 bits per heavy atom. The predicted octanol–water partition coefficient (Wildman–Crippen LogP) is 2.33. The highest BCUT2D eigenvalue weighted by Crippen LogP contribution is 2.20. The van der Waals surface area contributed by atoms with E-state index in [4.69, 9.17) is 4.74 Å². The van der Waals surface area contributed by atoms with Crippen LogP contribution in [-0.2, 0) is 0 Å². The molecule has 0 spiro atoms. The molecule has 2 aromatic rings. The third-order valence-corrected chi connectivity index (χ3v) is 3.46. The van der Waals surface area contributed by atoms with E-state index in [1.807, 2.05) is 12.3 Å². The highest BCUT2D eigenvalue weighted by molar-refractivity contribution is 7.09. The molecule has 2 rings (SSSR count). The molecule has 108 valence electrons. The molecule has 1 unspecified atom stereocenters. The van der Waals surface area contributed by atoms with Gasteiger partial charge in [-0.2, -0.15) is 15.0 Å². The van der Waals surface area contributed by atoms with Gasteiger partial charge in [-0.25, -0.2) is 4.98 Å². The molecule has 0 bridgehead atoms. The molecule has 0 amide bonds. The maximum atomic E-state index is 5.09. The molecule has 0 fully saturated rings. The van der Waals surface area contributed by atoms with Gasteiger partial charge in [0.15, 0.2) is 0 Å². The molecule has 0 saturated heterocycles. The zero-order chi connectivity index (χ0) is 14.4. The summed E-state index contributed by atoms with van der Waals surface area (Å²) in [6, 6.07) is 0.313. The lowest BCUT2D eigenvalue weighted by Gasteiger charge is -2.12. The lowest BCUT2D eigenvalue weighted by molar-refractivity contribution is 0.379. The number of hydrogen-bond acceptors (Lipinski definition) is 8. The fourth-order valence-electron chi connectivity index (χ4n) is 1.53. The van der Waals surface area contributed by atoms with Crippen LogP contribution >= 0.6 is 11.3 Å². The van der Waals surface area contributed by atoms with E-state index in [0.29, 0.717) is 11.9 Å². The zero-order valence-electron chi connectivity index (χ0n) is 11.8. The fraction of sp³-hybridized carbons (Fsp3) is 0.500. The van der Waals surface area contributed by atoms with Crippen LogP contribution in [0.4, 0.5) is 11.9 Å². The van der Waals surface area contributed by atoms with Crippen molar-refractivity contribution in [3.8, 4) is 6.01 Å². The lowest BCUT2D eigenvalue weighted by Crippen LogP contribution is -2.13. The van der Waals surface area contributed by atoms with Crippen molar-refractivity contribution < 1.29 is 4.74 Å². The zero-order valence-corrected chi connectivity index (χ0v) is 12.6. The van der Waals surface area contributed by atoms with Crippen LogP contribution in [-0.4, -0.2) is 33.6 Å². The molecule has 0 aliphatic carbocycles. The number of thiazole rings is 1. The number of hydrogen-bond donors (Lipinski definition) is 2. The van der Waals surface area contributed by atoms with E-state index in [1.54, 1.807) is 17.5 Å². The van der Waals surface area contributed by atoms with E-state index in [9.17, 15) is 0 Å². The Hall–Kier alpha value is -1.96. The van der Waals surface area contributed by atoms with Crippen LogP contribution < -0.4 is 15.4 Å². The molecule has 7 nitrogen and oxygen atoms in total. The molecular formula is C12H18N6OS. The summed E-state index contributed by atoms with van der Waals surface area (Å²) in [5.41, 5.74) is 0. The lowest BCUT2D eigenvalue weighted by atomic mass is 10.4. The summed E-state index contributed by atoms with van der Waals surface area (Å²) in [6.45, 7) is 4.89. The van der Waals surface area contributed by atoms with E-state index < -0.39 is 0 Å². The minimum absolute atomic E-state index is 0.0288. The quantitative estimate of drug-likeness (QED) is 0.810. The highest BCUT2D eigenvalue weighted by atomic mass is 32.1. The highest BCUT2D eigenvalue weighted by Gasteiger charge is 2.12. The largest absolute Gasteiger partial charge is 0.467 e. The number of nitrogens with one attached hydrogen (secondary N) is 2. The van der Waals surface area contributed by atoms with Crippen LogP contribution in [0.1, 0.15) is 31.3 Å². The normalized spacial score (nSPS) is 11.9. The van der Waals surface area contributed by atoms with Crippen molar-refractivity contribution in [2.75, 3.05) is 24.3 Å². The van der Waals surface area contributed by atoms with E-state index >= 15 is 0 Å². The van der Waals surface area contributed by atoms with Gasteiger partial charge >= 0.3 is 6.01 Å². The smallest absolute Gasteiger partial charge is 0.322 e. The van der Waals surface area contributed by atoms with E-state index in [1.165, 1.54) is 7.11 Å². The maximum absolute atomic E-state index is 5.09. The molecule has 0 saturated carbocycles. The van der Waals surface area contributed by atoms with E-state index in [2.05, 4.69) is 37.5 Å². The Bertz CT molecular complexity index is 533. The first-order valence-corrected chi connectivity index (χ1v) is 7.30. The maximum Gasteiger partial charge on any atom is 0.322 e. The fourth-order valence-corrected chi connectivity index (χ4v) is 2.18. The van der Waals surface area contributed by atoms with Gasteiger partial charge in [0.1, 0.15) is 5.01 Å². The van der Waals surface area contributed by atoms with Gasteiger partial charge in [-0.05, 0) is 13.3 Å². The molecule has 2 aromatic heterocycles. The number of anilines is 2. The van der Waals surface area contributed by atoms with Gasteiger partial charge in [-0.15, -0.1) is 11.3 Å². The van der Waals surface area contributed by atoms with Crippen LogP contribution in [0.3, 0.4) is 0 Å². The Labute approximate surface area is 121 Å². The van der Waals surface area contributed by atoms with Crippen LogP contribution in [0.2, 0.25) is 0 Å². The standard InChI is InChI=1S/C12H18N6OS/c1-4-5-14-10-16-11(18-12(17-10)19-3)15-8(2)9-13-6-7-20-9/h6-8H,4-5H2,1-3H3,(H2,14,15,16,17,18). The molecule has 2 heterocycles. The summed E-state index contributed by atoms with van der Waals surface area (Å²) in [4.78, 5) is 16.9. The second-order valence-electron chi connectivity index (χ2n) is 4.13. The molecule has 0 radical (unpaired) electrons. The molecular weight excluding hydrogens is 276 g/mol. The van der Waals surface area contributed by atoms with Crippen molar-refractivity contribution in [3.63, 3.8) is 0 Å². The number of nitrogens with zero attached hydrogens (tertiary/aromatic N) is 4. The average molecular weight is 294 g/mol. The first kappa shape index (κ1) is 14.4. The average Bonchev–Trinajstić information content (AvgIpc) is 2.99. The summed E-state index contributed by atoms with van der Waals surface area (Å²) in [6.07, 6.45) is 2.77. The first-order valence-electron chi connectivity index (χ1n) is 6.42. The Morgan fingerprint density at radius 3 is 2.75 bits per heavy atom. The SMILES string of the molecule is CCCNc1nc(NC(C)c2nccs2)nc(OC)n1. The summed E-state index contributed by atoms with van der Waals surface area (Å²) >= 11 is 1.59. The summed E-state index contributed by atoms with van der Waals surface area (Å²) in [7, 11) is 1.53. The van der Waals surface area contributed by atoms with Gasteiger partial charge < -0.3 is 15.4 Å². The Balaban J connectivity index is 2.13. The van der Waals surface area contributed by atoms with Crippen molar-refractivity contribution >= 4 is 23.2 Å². The second-order valence-corrected chi connectivity index (χ2v) is 5.06. The molecule has 20 heavy (non-hydrogen) atoms. The van der Waals surface area contributed by atoms with Crippen LogP contribution in [0.25, 0.3) is 0 Å². The van der Waals surface area contributed by atoms with Crippen LogP contribution in [0.15, 0.2) is 11.6 Å². The van der Waals surface area contributed by atoms with Gasteiger partial charge in [-0.3, -0.25) is 0 Å². The summed E-state index contributed by atoms with van der Waals surface area (Å²) in [5.74, 6) is 0.977. The van der Waals surface area contributed by atoms with Gasteiger partial charge in [-0.1, -0.05) is 6.92 Å². The monoisotopic (exact) mass is 294 g/mol. The molecule has 0 aromatic carbocycles. The topological polar surface area (TPSA) is 84.9 Å². The van der Waals surface area contributed by atoms with Crippen molar-refractivity contribution in [1.82, 2.24) is 19.9 Å². The third kappa shape index (κ3) is 3.77. The van der Waals surface area contributed by atoms with Gasteiger partial charge in [0.25, 0.3) is 0 Å². The molecule has 0 aliphatic rings. The summed E-state index contributed by atoms with van der Waals surface area (Å²) < 4.78 is 5.09. The Morgan fingerprint density at radius 2 is 2.10 bits per heavy atom. The molecule has 2 N–H and O–H groups in total. The molecule has 1 atom stereocenters. The number of aromatic nitrogens is 4.